The molecular formula is C24H28ClN3O5S. The topological polar surface area (TPSA) is 105 Å². The second-order valence-corrected chi connectivity index (χ2v) is 10.9. The van der Waals surface area contributed by atoms with E-state index in [1.807, 2.05) is 0 Å². The summed E-state index contributed by atoms with van der Waals surface area (Å²) in [6, 6.07) is 12.8. The first-order valence-electron chi connectivity index (χ1n) is 11.4. The monoisotopic (exact) mass is 505 g/mol. The quantitative estimate of drug-likeness (QED) is 0.600. The van der Waals surface area contributed by atoms with E-state index in [2.05, 4.69) is 10.6 Å². The van der Waals surface area contributed by atoms with Crippen LogP contribution in [0.4, 0.5) is 5.69 Å². The summed E-state index contributed by atoms with van der Waals surface area (Å²) in [7, 11) is -3.74. The lowest BCUT2D eigenvalue weighted by Gasteiger charge is -2.31. The van der Waals surface area contributed by atoms with E-state index in [1.54, 1.807) is 24.3 Å². The minimum Gasteiger partial charge on any atom is -0.376 e. The van der Waals surface area contributed by atoms with Gasteiger partial charge >= 0.3 is 0 Å². The summed E-state index contributed by atoms with van der Waals surface area (Å²) in [5.41, 5.74) is 0.755. The van der Waals surface area contributed by atoms with Crippen LogP contribution in [0.3, 0.4) is 0 Å². The van der Waals surface area contributed by atoms with E-state index in [1.165, 1.54) is 28.6 Å². The average Bonchev–Trinajstić information content (AvgIpc) is 3.37. The molecule has 2 aliphatic heterocycles. The molecule has 0 unspecified atom stereocenters. The molecule has 2 atom stereocenters. The van der Waals surface area contributed by atoms with E-state index in [0.717, 1.165) is 12.8 Å². The molecule has 0 spiro atoms. The number of carbonyl (C=O) groups excluding carboxylic acids is 2. The van der Waals surface area contributed by atoms with Gasteiger partial charge in [0.2, 0.25) is 15.9 Å². The highest BCUT2D eigenvalue weighted by atomic mass is 35.5. The van der Waals surface area contributed by atoms with Crippen LogP contribution in [0.2, 0.25) is 5.02 Å². The minimum absolute atomic E-state index is 0.0153. The number of halogens is 1. The summed E-state index contributed by atoms with van der Waals surface area (Å²) in [6.45, 7) is 1.54. The van der Waals surface area contributed by atoms with Crippen LogP contribution in [-0.4, -0.2) is 56.9 Å². The largest absolute Gasteiger partial charge is 0.376 e. The van der Waals surface area contributed by atoms with E-state index in [-0.39, 0.29) is 29.4 Å². The van der Waals surface area contributed by atoms with E-state index < -0.39 is 15.9 Å². The normalized spacial score (nSPS) is 21.2. The SMILES string of the molecule is O=C(NC[C@@H]1CCCO1)c1ccccc1NC(=O)[C@@H]1CCCN(S(=O)(=O)c2ccc(Cl)cc2)C1. The number of nitrogens with zero attached hydrogens (tertiary/aromatic N) is 1. The second kappa shape index (κ2) is 10.9. The van der Waals surface area contributed by atoms with Crippen molar-refractivity contribution in [2.45, 2.75) is 36.7 Å². The Labute approximate surface area is 204 Å². The minimum atomic E-state index is -3.74. The Morgan fingerprint density at radius 2 is 1.82 bits per heavy atom. The van der Waals surface area contributed by atoms with Gasteiger partial charge < -0.3 is 15.4 Å². The second-order valence-electron chi connectivity index (χ2n) is 8.54. The van der Waals surface area contributed by atoms with Gasteiger partial charge in [0.25, 0.3) is 5.91 Å². The van der Waals surface area contributed by atoms with Crippen LogP contribution < -0.4 is 10.6 Å². The maximum atomic E-state index is 13.1. The Morgan fingerprint density at radius 3 is 2.56 bits per heavy atom. The molecule has 2 fully saturated rings. The first-order valence-corrected chi connectivity index (χ1v) is 13.2. The molecule has 2 aromatic rings. The lowest BCUT2D eigenvalue weighted by atomic mass is 9.98. The maximum Gasteiger partial charge on any atom is 0.253 e. The molecule has 2 heterocycles. The first-order chi connectivity index (χ1) is 16.3. The predicted octanol–water partition coefficient (Wildman–Crippen LogP) is 3.29. The van der Waals surface area contributed by atoms with Crippen LogP contribution in [0.5, 0.6) is 0 Å². The molecule has 182 valence electrons. The molecule has 4 rings (SSSR count). The fraction of sp³-hybridized carbons (Fsp3) is 0.417. The number of hydrogen-bond acceptors (Lipinski definition) is 5. The van der Waals surface area contributed by atoms with Crippen molar-refractivity contribution in [3.63, 3.8) is 0 Å². The molecule has 10 heteroatoms. The molecule has 0 bridgehead atoms. The Bertz CT molecular complexity index is 1130. The van der Waals surface area contributed by atoms with Crippen LogP contribution in [0.25, 0.3) is 0 Å². The molecular weight excluding hydrogens is 478 g/mol. The number of carbonyl (C=O) groups is 2. The molecule has 0 aliphatic carbocycles. The summed E-state index contributed by atoms with van der Waals surface area (Å²) in [5, 5.41) is 6.16. The van der Waals surface area contributed by atoms with E-state index in [0.29, 0.717) is 48.8 Å². The zero-order valence-corrected chi connectivity index (χ0v) is 20.3. The van der Waals surface area contributed by atoms with Gasteiger partial charge in [0.1, 0.15) is 0 Å². The lowest BCUT2D eigenvalue weighted by Crippen LogP contribution is -2.43. The van der Waals surface area contributed by atoms with Crippen LogP contribution in [0.15, 0.2) is 53.4 Å². The number of sulfonamides is 1. The molecule has 2 aromatic carbocycles. The van der Waals surface area contributed by atoms with Crippen molar-refractivity contribution in [3.8, 4) is 0 Å². The lowest BCUT2D eigenvalue weighted by molar-refractivity contribution is -0.120. The highest BCUT2D eigenvalue weighted by molar-refractivity contribution is 7.89. The predicted molar refractivity (Wildman–Crippen MR) is 129 cm³/mol. The van der Waals surface area contributed by atoms with Gasteiger partial charge in [-0.25, -0.2) is 8.42 Å². The molecule has 0 radical (unpaired) electrons. The summed E-state index contributed by atoms with van der Waals surface area (Å²) >= 11 is 5.88. The third-order valence-corrected chi connectivity index (χ3v) is 8.28. The number of piperidine rings is 1. The van der Waals surface area contributed by atoms with Gasteiger partial charge in [0.05, 0.1) is 28.2 Å². The Hall–Kier alpha value is -2.46. The molecule has 2 aliphatic rings. The Kier molecular flexibility index (Phi) is 7.88. The summed E-state index contributed by atoms with van der Waals surface area (Å²) in [6.07, 6.45) is 3.04. The highest BCUT2D eigenvalue weighted by Gasteiger charge is 2.33. The molecule has 2 amide bonds. The number of rotatable bonds is 7. The van der Waals surface area contributed by atoms with Crippen molar-refractivity contribution >= 4 is 39.1 Å². The van der Waals surface area contributed by atoms with Gasteiger partial charge in [-0.05, 0) is 62.1 Å². The van der Waals surface area contributed by atoms with Crippen LogP contribution in [0, 0.1) is 5.92 Å². The van der Waals surface area contributed by atoms with Gasteiger partial charge in [-0.15, -0.1) is 0 Å². The van der Waals surface area contributed by atoms with Crippen molar-refractivity contribution in [1.82, 2.24) is 9.62 Å². The number of para-hydroxylation sites is 1. The number of hydrogen-bond donors (Lipinski definition) is 2. The molecule has 0 aromatic heterocycles. The Morgan fingerprint density at radius 1 is 1.06 bits per heavy atom. The van der Waals surface area contributed by atoms with Crippen molar-refractivity contribution in [2.24, 2.45) is 5.92 Å². The maximum absolute atomic E-state index is 13.1. The van der Waals surface area contributed by atoms with Crippen molar-refractivity contribution in [3.05, 3.63) is 59.1 Å². The smallest absolute Gasteiger partial charge is 0.253 e. The first kappa shape index (κ1) is 24.7. The van der Waals surface area contributed by atoms with Gasteiger partial charge in [-0.2, -0.15) is 4.31 Å². The summed E-state index contributed by atoms with van der Waals surface area (Å²) < 4.78 is 33.0. The van der Waals surface area contributed by atoms with E-state index in [9.17, 15) is 18.0 Å². The zero-order valence-electron chi connectivity index (χ0n) is 18.7. The molecule has 34 heavy (non-hydrogen) atoms. The standard InChI is InChI=1S/C24H28ClN3O5S/c25-18-9-11-20(12-10-18)34(31,32)28-13-3-5-17(16-28)23(29)27-22-8-2-1-7-21(22)24(30)26-15-19-6-4-14-33-19/h1-2,7-12,17,19H,3-6,13-16H2,(H,26,30)(H,27,29)/t17-,19+/m1/s1. The van der Waals surface area contributed by atoms with Gasteiger partial charge in [-0.1, -0.05) is 23.7 Å². The third kappa shape index (κ3) is 5.78. The highest BCUT2D eigenvalue weighted by Crippen LogP contribution is 2.26. The summed E-state index contributed by atoms with van der Waals surface area (Å²) in [5.74, 6) is -1.13. The van der Waals surface area contributed by atoms with Crippen molar-refractivity contribution in [1.29, 1.82) is 0 Å². The Balaban J connectivity index is 1.41. The number of amides is 2. The molecule has 2 N–H and O–H groups in total. The van der Waals surface area contributed by atoms with Crippen LogP contribution in [-0.2, 0) is 19.6 Å². The van der Waals surface area contributed by atoms with Gasteiger partial charge in [0, 0.05) is 31.3 Å². The average molecular weight is 506 g/mol. The molecule has 8 nitrogen and oxygen atoms in total. The van der Waals surface area contributed by atoms with Crippen LogP contribution in [0.1, 0.15) is 36.0 Å². The number of anilines is 1. The van der Waals surface area contributed by atoms with Crippen LogP contribution >= 0.6 is 11.6 Å². The molecule has 0 saturated carbocycles. The zero-order chi connectivity index (χ0) is 24.1. The fourth-order valence-electron chi connectivity index (χ4n) is 4.26. The number of nitrogens with one attached hydrogen (secondary N) is 2. The summed E-state index contributed by atoms with van der Waals surface area (Å²) in [4.78, 5) is 25.9. The van der Waals surface area contributed by atoms with Gasteiger partial charge in [-0.3, -0.25) is 9.59 Å². The van der Waals surface area contributed by atoms with Gasteiger partial charge in [0.15, 0.2) is 0 Å². The third-order valence-electron chi connectivity index (χ3n) is 6.15. The fourth-order valence-corrected chi connectivity index (χ4v) is 5.91. The van der Waals surface area contributed by atoms with Crippen molar-refractivity contribution in [2.75, 3.05) is 31.6 Å². The molecule has 2 saturated heterocycles. The van der Waals surface area contributed by atoms with Crippen molar-refractivity contribution < 1.29 is 22.7 Å². The van der Waals surface area contributed by atoms with E-state index in [4.69, 9.17) is 16.3 Å². The van der Waals surface area contributed by atoms with E-state index >= 15 is 0 Å². The number of ether oxygens (including phenoxy) is 1. The number of benzene rings is 2.